The highest BCUT2D eigenvalue weighted by molar-refractivity contribution is 5.89. The van der Waals surface area contributed by atoms with E-state index >= 15 is 0 Å². The fourth-order valence-electron chi connectivity index (χ4n) is 2.45. The van der Waals surface area contributed by atoms with Crippen LogP contribution in [-0.2, 0) is 9.53 Å². The standard InChI is InChI=1S/C21H25NO4/c1-5-25-21(24)17-8-10-19(11-9-17)26-13-20(23)22-16(4)18-7-6-14(2)15(3)12-18/h6-12,16H,5,13H2,1-4H3,(H,22,23). The monoisotopic (exact) mass is 355 g/mol. The van der Waals surface area contributed by atoms with Crippen molar-refractivity contribution < 1.29 is 19.1 Å². The summed E-state index contributed by atoms with van der Waals surface area (Å²) in [6.45, 7) is 8.05. The number of rotatable bonds is 7. The molecule has 0 aliphatic rings. The van der Waals surface area contributed by atoms with Gasteiger partial charge in [-0.3, -0.25) is 4.79 Å². The summed E-state index contributed by atoms with van der Waals surface area (Å²) >= 11 is 0. The molecule has 138 valence electrons. The lowest BCUT2D eigenvalue weighted by Gasteiger charge is -2.16. The number of aryl methyl sites for hydroxylation is 2. The van der Waals surface area contributed by atoms with Gasteiger partial charge in [-0.15, -0.1) is 0 Å². The Morgan fingerprint density at radius 3 is 2.35 bits per heavy atom. The number of hydrogen-bond donors (Lipinski definition) is 1. The van der Waals surface area contributed by atoms with Gasteiger partial charge in [0, 0.05) is 0 Å². The molecule has 2 aromatic carbocycles. The van der Waals surface area contributed by atoms with Gasteiger partial charge < -0.3 is 14.8 Å². The van der Waals surface area contributed by atoms with E-state index in [1.54, 1.807) is 31.2 Å². The third-order valence-corrected chi connectivity index (χ3v) is 4.14. The van der Waals surface area contributed by atoms with Crippen LogP contribution in [0.3, 0.4) is 0 Å². The van der Waals surface area contributed by atoms with Gasteiger partial charge in [0.1, 0.15) is 5.75 Å². The Morgan fingerprint density at radius 1 is 1.04 bits per heavy atom. The highest BCUT2D eigenvalue weighted by atomic mass is 16.5. The highest BCUT2D eigenvalue weighted by Crippen LogP contribution is 2.17. The maximum Gasteiger partial charge on any atom is 0.338 e. The van der Waals surface area contributed by atoms with Crippen molar-refractivity contribution >= 4 is 11.9 Å². The lowest BCUT2D eigenvalue weighted by atomic mass is 10.0. The molecule has 0 aromatic heterocycles. The molecule has 0 aliphatic heterocycles. The molecular formula is C21H25NO4. The van der Waals surface area contributed by atoms with Gasteiger partial charge in [-0.1, -0.05) is 18.2 Å². The number of esters is 1. The number of nitrogens with one attached hydrogen (secondary N) is 1. The number of benzene rings is 2. The number of hydrogen-bond acceptors (Lipinski definition) is 4. The van der Waals surface area contributed by atoms with E-state index in [1.807, 2.05) is 13.0 Å². The highest BCUT2D eigenvalue weighted by Gasteiger charge is 2.11. The summed E-state index contributed by atoms with van der Waals surface area (Å²) in [4.78, 5) is 23.7. The van der Waals surface area contributed by atoms with Crippen molar-refractivity contribution in [2.45, 2.75) is 33.7 Å². The Bertz CT molecular complexity index is 768. The van der Waals surface area contributed by atoms with Gasteiger partial charge in [0.15, 0.2) is 6.61 Å². The first kappa shape index (κ1) is 19.5. The average Bonchev–Trinajstić information content (AvgIpc) is 2.62. The number of carbonyl (C=O) groups is 2. The van der Waals surface area contributed by atoms with Gasteiger partial charge in [0.25, 0.3) is 5.91 Å². The van der Waals surface area contributed by atoms with Crippen LogP contribution in [0.25, 0.3) is 0 Å². The summed E-state index contributed by atoms with van der Waals surface area (Å²) in [5.74, 6) is -0.0590. The minimum Gasteiger partial charge on any atom is -0.484 e. The van der Waals surface area contributed by atoms with Gasteiger partial charge in [-0.25, -0.2) is 4.79 Å². The summed E-state index contributed by atoms with van der Waals surface area (Å²) in [5.41, 5.74) is 3.93. The summed E-state index contributed by atoms with van der Waals surface area (Å²) in [6, 6.07) is 12.6. The predicted octanol–water partition coefficient (Wildman–Crippen LogP) is 3.74. The first-order chi connectivity index (χ1) is 12.4. The van der Waals surface area contributed by atoms with E-state index in [4.69, 9.17) is 9.47 Å². The third kappa shape index (κ3) is 5.34. The lowest BCUT2D eigenvalue weighted by Crippen LogP contribution is -2.31. The molecule has 5 nitrogen and oxygen atoms in total. The van der Waals surface area contributed by atoms with Crippen molar-refractivity contribution in [2.75, 3.05) is 13.2 Å². The molecule has 0 radical (unpaired) electrons. The van der Waals surface area contributed by atoms with E-state index in [0.29, 0.717) is 17.9 Å². The molecule has 0 fully saturated rings. The molecule has 5 heteroatoms. The Morgan fingerprint density at radius 2 is 1.73 bits per heavy atom. The smallest absolute Gasteiger partial charge is 0.338 e. The van der Waals surface area contributed by atoms with Gasteiger partial charge in [-0.05, 0) is 68.7 Å². The van der Waals surface area contributed by atoms with Crippen LogP contribution in [0, 0.1) is 13.8 Å². The Kier molecular flexibility index (Phi) is 6.78. The minimum atomic E-state index is -0.376. The lowest BCUT2D eigenvalue weighted by molar-refractivity contribution is -0.123. The van der Waals surface area contributed by atoms with Crippen LogP contribution in [0.4, 0.5) is 0 Å². The molecule has 1 atom stereocenters. The van der Waals surface area contributed by atoms with Crippen LogP contribution in [0.1, 0.15) is 46.9 Å². The van der Waals surface area contributed by atoms with Crippen molar-refractivity contribution in [3.05, 3.63) is 64.7 Å². The van der Waals surface area contributed by atoms with Crippen LogP contribution < -0.4 is 10.1 Å². The van der Waals surface area contributed by atoms with Crippen LogP contribution in [0.5, 0.6) is 5.75 Å². The zero-order valence-electron chi connectivity index (χ0n) is 15.7. The topological polar surface area (TPSA) is 64.6 Å². The minimum absolute atomic E-state index is 0.0893. The second kappa shape index (κ2) is 9.04. The molecule has 1 N–H and O–H groups in total. The summed E-state index contributed by atoms with van der Waals surface area (Å²) in [6.07, 6.45) is 0. The maximum atomic E-state index is 12.1. The largest absolute Gasteiger partial charge is 0.484 e. The average molecular weight is 355 g/mol. The third-order valence-electron chi connectivity index (χ3n) is 4.14. The molecule has 26 heavy (non-hydrogen) atoms. The van der Waals surface area contributed by atoms with Crippen LogP contribution in [0.2, 0.25) is 0 Å². The zero-order valence-corrected chi connectivity index (χ0v) is 15.7. The van der Waals surface area contributed by atoms with Crippen molar-refractivity contribution in [3.63, 3.8) is 0 Å². The van der Waals surface area contributed by atoms with E-state index in [1.165, 1.54) is 11.1 Å². The number of carbonyl (C=O) groups excluding carboxylic acids is 2. The fraction of sp³-hybridized carbons (Fsp3) is 0.333. The van der Waals surface area contributed by atoms with E-state index in [0.717, 1.165) is 5.56 Å². The number of ether oxygens (including phenoxy) is 2. The predicted molar refractivity (Wildman–Crippen MR) is 100 cm³/mol. The first-order valence-corrected chi connectivity index (χ1v) is 8.67. The second-order valence-electron chi connectivity index (χ2n) is 6.17. The molecule has 0 saturated heterocycles. The fourth-order valence-corrected chi connectivity index (χ4v) is 2.45. The molecule has 0 spiro atoms. The van der Waals surface area contributed by atoms with Gasteiger partial charge in [0.05, 0.1) is 18.2 Å². The van der Waals surface area contributed by atoms with Crippen LogP contribution in [-0.4, -0.2) is 25.1 Å². The SMILES string of the molecule is CCOC(=O)c1ccc(OCC(=O)NC(C)c2ccc(C)c(C)c2)cc1. The summed E-state index contributed by atoms with van der Waals surface area (Å²) in [5, 5.41) is 2.92. The Hall–Kier alpha value is -2.82. The summed E-state index contributed by atoms with van der Waals surface area (Å²) in [7, 11) is 0. The maximum absolute atomic E-state index is 12.1. The quantitative estimate of drug-likeness (QED) is 0.769. The van der Waals surface area contributed by atoms with Crippen LogP contribution >= 0.6 is 0 Å². The van der Waals surface area contributed by atoms with Crippen molar-refractivity contribution in [1.29, 1.82) is 0 Å². The van der Waals surface area contributed by atoms with Gasteiger partial charge in [0.2, 0.25) is 0 Å². The molecule has 0 bridgehead atoms. The molecule has 1 amide bonds. The Balaban J connectivity index is 1.86. The molecule has 0 saturated carbocycles. The van der Waals surface area contributed by atoms with E-state index < -0.39 is 0 Å². The molecule has 2 rings (SSSR count). The van der Waals surface area contributed by atoms with Gasteiger partial charge in [-0.2, -0.15) is 0 Å². The number of amides is 1. The summed E-state index contributed by atoms with van der Waals surface area (Å²) < 4.78 is 10.4. The molecule has 0 aliphatic carbocycles. The van der Waals surface area contributed by atoms with Crippen LogP contribution in [0.15, 0.2) is 42.5 Å². The molecule has 0 heterocycles. The van der Waals surface area contributed by atoms with Crippen molar-refractivity contribution in [1.82, 2.24) is 5.32 Å². The van der Waals surface area contributed by atoms with Gasteiger partial charge >= 0.3 is 5.97 Å². The van der Waals surface area contributed by atoms with Crippen molar-refractivity contribution in [2.24, 2.45) is 0 Å². The second-order valence-corrected chi connectivity index (χ2v) is 6.17. The molecule has 1 unspecified atom stereocenters. The van der Waals surface area contributed by atoms with Crippen molar-refractivity contribution in [3.8, 4) is 5.75 Å². The van der Waals surface area contributed by atoms with E-state index in [2.05, 4.69) is 31.3 Å². The van der Waals surface area contributed by atoms with E-state index in [9.17, 15) is 9.59 Å². The zero-order chi connectivity index (χ0) is 19.1. The normalized spacial score (nSPS) is 11.5. The van der Waals surface area contributed by atoms with E-state index in [-0.39, 0.29) is 24.5 Å². The Labute approximate surface area is 154 Å². The molecule has 2 aromatic rings. The first-order valence-electron chi connectivity index (χ1n) is 8.67. The molecular weight excluding hydrogens is 330 g/mol.